The summed E-state index contributed by atoms with van der Waals surface area (Å²) in [5, 5.41) is 12.2. The fraction of sp³-hybridized carbons (Fsp3) is 0.0556. The average molecular weight is 302 g/mol. The molecule has 0 N–H and O–H groups in total. The molecule has 0 fully saturated rings. The van der Waals surface area contributed by atoms with Gasteiger partial charge in [-0.2, -0.15) is 5.10 Å². The Kier molecular flexibility index (Phi) is 3.24. The molecule has 0 spiro atoms. The summed E-state index contributed by atoms with van der Waals surface area (Å²) in [4.78, 5) is 0. The second kappa shape index (κ2) is 5.53. The summed E-state index contributed by atoms with van der Waals surface area (Å²) in [6.07, 6.45) is 3.70. The monoisotopic (exact) mass is 302 g/mol. The van der Waals surface area contributed by atoms with E-state index in [-0.39, 0.29) is 0 Å². The lowest BCUT2D eigenvalue weighted by Gasteiger charge is -2.06. The van der Waals surface area contributed by atoms with Crippen molar-refractivity contribution < 1.29 is 4.42 Å². The Morgan fingerprint density at radius 1 is 0.870 bits per heavy atom. The highest BCUT2D eigenvalue weighted by Crippen LogP contribution is 2.25. The molecule has 0 bridgehead atoms. The van der Waals surface area contributed by atoms with Gasteiger partial charge in [0.1, 0.15) is 0 Å². The first kappa shape index (κ1) is 13.5. The number of aromatic nitrogens is 4. The van der Waals surface area contributed by atoms with Gasteiger partial charge in [-0.1, -0.05) is 24.3 Å². The van der Waals surface area contributed by atoms with E-state index in [1.165, 1.54) is 0 Å². The Bertz CT molecular complexity index is 924. The molecule has 2 aromatic carbocycles. The summed E-state index contributed by atoms with van der Waals surface area (Å²) in [6, 6.07) is 18.2. The first-order valence-corrected chi connectivity index (χ1v) is 7.30. The molecule has 0 radical (unpaired) electrons. The Morgan fingerprint density at radius 3 is 2.39 bits per heavy atom. The molecular weight excluding hydrogens is 288 g/mol. The lowest BCUT2D eigenvalue weighted by molar-refractivity contribution is 0.533. The molecule has 0 atom stereocenters. The van der Waals surface area contributed by atoms with Crippen molar-refractivity contribution >= 4 is 0 Å². The third kappa shape index (κ3) is 2.64. The van der Waals surface area contributed by atoms with Crippen LogP contribution in [0.5, 0.6) is 0 Å². The molecule has 5 nitrogen and oxygen atoms in total. The zero-order valence-corrected chi connectivity index (χ0v) is 12.5. The molecular formula is C18H14N4O. The summed E-state index contributed by atoms with van der Waals surface area (Å²) in [6.45, 7) is 1.78. The van der Waals surface area contributed by atoms with Gasteiger partial charge in [-0.3, -0.25) is 0 Å². The Labute approximate surface area is 133 Å². The normalized spacial score (nSPS) is 10.8. The van der Waals surface area contributed by atoms with E-state index in [0.29, 0.717) is 11.8 Å². The van der Waals surface area contributed by atoms with E-state index in [1.54, 1.807) is 13.1 Å². The van der Waals surface area contributed by atoms with Gasteiger partial charge in [0.15, 0.2) is 0 Å². The average Bonchev–Trinajstić information content (AvgIpc) is 3.27. The number of hydrogen-bond donors (Lipinski definition) is 0. The predicted octanol–water partition coefficient (Wildman–Crippen LogP) is 3.90. The minimum atomic E-state index is 0.541. The first-order chi connectivity index (χ1) is 11.3. The van der Waals surface area contributed by atoms with E-state index in [2.05, 4.69) is 39.6 Å². The summed E-state index contributed by atoms with van der Waals surface area (Å²) >= 11 is 0. The van der Waals surface area contributed by atoms with E-state index in [1.807, 2.05) is 41.2 Å². The van der Waals surface area contributed by atoms with Crippen LogP contribution in [0.2, 0.25) is 0 Å². The fourth-order valence-corrected chi connectivity index (χ4v) is 2.47. The Morgan fingerprint density at radius 2 is 1.70 bits per heavy atom. The highest BCUT2D eigenvalue weighted by molar-refractivity contribution is 5.68. The van der Waals surface area contributed by atoms with Gasteiger partial charge in [0.25, 0.3) is 0 Å². The molecule has 2 heterocycles. The van der Waals surface area contributed by atoms with Crippen LogP contribution in [0.15, 0.2) is 71.4 Å². The largest absolute Gasteiger partial charge is 0.421 e. The maximum Gasteiger partial charge on any atom is 0.247 e. The van der Waals surface area contributed by atoms with Gasteiger partial charge in [-0.25, -0.2) is 4.68 Å². The lowest BCUT2D eigenvalue weighted by atomic mass is 10.0. The minimum absolute atomic E-state index is 0.541. The van der Waals surface area contributed by atoms with Crippen LogP contribution in [0, 0.1) is 6.92 Å². The molecule has 0 aliphatic rings. The molecule has 0 aliphatic carbocycles. The molecule has 112 valence electrons. The van der Waals surface area contributed by atoms with Gasteiger partial charge in [-0.15, -0.1) is 10.2 Å². The van der Waals surface area contributed by atoms with Crippen molar-refractivity contribution in [2.45, 2.75) is 6.92 Å². The predicted molar refractivity (Wildman–Crippen MR) is 87.0 cm³/mol. The Hall–Kier alpha value is -3.21. The van der Waals surface area contributed by atoms with E-state index in [4.69, 9.17) is 4.42 Å². The lowest BCUT2D eigenvalue weighted by Crippen LogP contribution is -1.93. The van der Waals surface area contributed by atoms with Crippen LogP contribution in [0.25, 0.3) is 28.3 Å². The van der Waals surface area contributed by atoms with Gasteiger partial charge in [-0.05, 0) is 41.5 Å². The fourth-order valence-electron chi connectivity index (χ4n) is 2.47. The van der Waals surface area contributed by atoms with Crippen LogP contribution in [0.1, 0.15) is 5.89 Å². The smallest absolute Gasteiger partial charge is 0.247 e. The van der Waals surface area contributed by atoms with Crippen LogP contribution in [0.3, 0.4) is 0 Å². The summed E-state index contributed by atoms with van der Waals surface area (Å²) < 4.78 is 7.30. The molecule has 4 rings (SSSR count). The van der Waals surface area contributed by atoms with Crippen molar-refractivity contribution in [1.82, 2.24) is 20.0 Å². The van der Waals surface area contributed by atoms with E-state index in [9.17, 15) is 0 Å². The summed E-state index contributed by atoms with van der Waals surface area (Å²) in [5.74, 6) is 1.11. The van der Waals surface area contributed by atoms with Crippen molar-refractivity contribution in [2.24, 2.45) is 0 Å². The molecule has 2 aromatic heterocycles. The van der Waals surface area contributed by atoms with Crippen LogP contribution in [0.4, 0.5) is 0 Å². The molecule has 23 heavy (non-hydrogen) atoms. The summed E-state index contributed by atoms with van der Waals surface area (Å²) in [5.41, 5.74) is 4.20. The molecule has 0 saturated carbocycles. The van der Waals surface area contributed by atoms with Crippen molar-refractivity contribution in [3.63, 3.8) is 0 Å². The standard InChI is InChI=1S/C18H14N4O/c1-13-20-21-18(23-13)15-8-6-14(7-9-15)16-4-2-5-17(12-16)22-11-3-10-19-22/h2-12H,1H3. The molecule has 4 aromatic rings. The van der Waals surface area contributed by atoms with Gasteiger partial charge in [0, 0.05) is 24.9 Å². The zero-order chi connectivity index (χ0) is 15.6. The van der Waals surface area contributed by atoms with Gasteiger partial charge in [0.05, 0.1) is 5.69 Å². The van der Waals surface area contributed by atoms with Crippen molar-refractivity contribution in [3.8, 4) is 28.3 Å². The topological polar surface area (TPSA) is 56.7 Å². The molecule has 5 heteroatoms. The van der Waals surface area contributed by atoms with Crippen molar-refractivity contribution in [2.75, 3.05) is 0 Å². The highest BCUT2D eigenvalue weighted by Gasteiger charge is 2.07. The second-order valence-corrected chi connectivity index (χ2v) is 5.20. The number of hydrogen-bond acceptors (Lipinski definition) is 4. The SMILES string of the molecule is Cc1nnc(-c2ccc(-c3cccc(-n4cccn4)c3)cc2)o1. The van der Waals surface area contributed by atoms with Crippen LogP contribution >= 0.6 is 0 Å². The first-order valence-electron chi connectivity index (χ1n) is 7.30. The number of benzene rings is 2. The van der Waals surface area contributed by atoms with Crippen LogP contribution < -0.4 is 0 Å². The Balaban J connectivity index is 1.67. The molecule has 0 unspecified atom stereocenters. The van der Waals surface area contributed by atoms with Gasteiger partial charge >= 0.3 is 0 Å². The van der Waals surface area contributed by atoms with Crippen molar-refractivity contribution in [3.05, 3.63) is 72.9 Å². The number of aryl methyl sites for hydroxylation is 1. The molecule has 0 amide bonds. The number of nitrogens with zero attached hydrogens (tertiary/aromatic N) is 4. The molecule has 0 saturated heterocycles. The maximum absolute atomic E-state index is 5.45. The van der Waals surface area contributed by atoms with Crippen LogP contribution in [-0.4, -0.2) is 20.0 Å². The zero-order valence-electron chi connectivity index (χ0n) is 12.5. The van der Waals surface area contributed by atoms with Crippen molar-refractivity contribution in [1.29, 1.82) is 0 Å². The third-order valence-corrected chi connectivity index (χ3v) is 3.61. The third-order valence-electron chi connectivity index (χ3n) is 3.61. The van der Waals surface area contributed by atoms with E-state index >= 15 is 0 Å². The minimum Gasteiger partial charge on any atom is -0.421 e. The van der Waals surface area contributed by atoms with Gasteiger partial charge < -0.3 is 4.42 Å². The maximum atomic E-state index is 5.45. The molecule has 0 aliphatic heterocycles. The van der Waals surface area contributed by atoms with Gasteiger partial charge in [0.2, 0.25) is 11.8 Å². The van der Waals surface area contributed by atoms with E-state index in [0.717, 1.165) is 22.4 Å². The number of rotatable bonds is 3. The quantitative estimate of drug-likeness (QED) is 0.576. The van der Waals surface area contributed by atoms with E-state index < -0.39 is 0 Å². The van der Waals surface area contributed by atoms with Crippen LogP contribution in [-0.2, 0) is 0 Å². The highest BCUT2D eigenvalue weighted by atomic mass is 16.4. The summed E-state index contributed by atoms with van der Waals surface area (Å²) in [7, 11) is 0. The second-order valence-electron chi connectivity index (χ2n) is 5.20.